The topological polar surface area (TPSA) is 31.2 Å². The number of hydrogen-bond donors (Lipinski definition) is 0. The molecule has 0 unspecified atom stereocenters. The fourth-order valence-corrected chi connectivity index (χ4v) is 2.69. The summed E-state index contributed by atoms with van der Waals surface area (Å²) in [6.45, 7) is -0.724. The zero-order chi connectivity index (χ0) is 16.4. The minimum atomic E-state index is -2.59. The van der Waals surface area contributed by atoms with Gasteiger partial charge < -0.3 is 4.74 Å². The number of rotatable bonds is 4. The summed E-state index contributed by atoms with van der Waals surface area (Å²) in [6, 6.07) is 14.0. The van der Waals surface area contributed by atoms with E-state index in [0.29, 0.717) is 16.5 Å². The highest BCUT2D eigenvalue weighted by Crippen LogP contribution is 2.27. The fourth-order valence-electron chi connectivity index (χ4n) is 2.33. The number of pyridine rings is 1. The second-order valence-corrected chi connectivity index (χ2v) is 5.81. The molecule has 0 N–H and O–H groups in total. The van der Waals surface area contributed by atoms with E-state index in [-0.39, 0.29) is 11.3 Å². The van der Waals surface area contributed by atoms with Crippen LogP contribution in [0.5, 0.6) is 5.75 Å². The van der Waals surface area contributed by atoms with Crippen molar-refractivity contribution in [1.82, 2.24) is 4.57 Å². The summed E-state index contributed by atoms with van der Waals surface area (Å²) in [7, 11) is 0. The molecule has 0 bridgehead atoms. The van der Waals surface area contributed by atoms with Crippen molar-refractivity contribution in [2.75, 3.05) is 6.61 Å². The monoisotopic (exact) mass is 379 g/mol. The van der Waals surface area contributed by atoms with Crippen LogP contribution in [0, 0.1) is 0 Å². The van der Waals surface area contributed by atoms with Crippen LogP contribution in [0.1, 0.15) is 0 Å². The van der Waals surface area contributed by atoms with Gasteiger partial charge in [0.1, 0.15) is 12.4 Å². The Morgan fingerprint density at radius 2 is 1.83 bits per heavy atom. The van der Waals surface area contributed by atoms with E-state index in [1.54, 1.807) is 42.5 Å². The van der Waals surface area contributed by atoms with Crippen LogP contribution >= 0.6 is 15.9 Å². The van der Waals surface area contributed by atoms with Crippen molar-refractivity contribution in [2.24, 2.45) is 0 Å². The minimum Gasteiger partial charge on any atom is -0.485 e. The summed E-state index contributed by atoms with van der Waals surface area (Å²) in [5, 5.41) is 0.904. The largest absolute Gasteiger partial charge is 0.485 e. The fraction of sp³-hybridized carbons (Fsp3) is 0.118. The van der Waals surface area contributed by atoms with Gasteiger partial charge in [0.2, 0.25) is 0 Å². The average molecular weight is 380 g/mol. The van der Waals surface area contributed by atoms with E-state index in [0.717, 1.165) is 4.47 Å². The minimum absolute atomic E-state index is 0.239. The highest BCUT2D eigenvalue weighted by atomic mass is 79.9. The highest BCUT2D eigenvalue weighted by Gasteiger charge is 2.13. The molecule has 0 spiro atoms. The summed E-state index contributed by atoms with van der Waals surface area (Å²) in [5.41, 5.74) is 0.401. The number of halogens is 3. The lowest BCUT2D eigenvalue weighted by molar-refractivity contribution is 0.0824. The first-order valence-corrected chi connectivity index (χ1v) is 7.67. The number of fused-ring (bicyclic) bond motifs is 1. The van der Waals surface area contributed by atoms with E-state index < -0.39 is 13.0 Å². The van der Waals surface area contributed by atoms with E-state index >= 15 is 0 Å². The zero-order valence-electron chi connectivity index (χ0n) is 11.9. The molecule has 3 aromatic rings. The van der Waals surface area contributed by atoms with E-state index in [9.17, 15) is 13.6 Å². The van der Waals surface area contributed by atoms with Crippen LogP contribution in [0.25, 0.3) is 16.5 Å². The van der Waals surface area contributed by atoms with Gasteiger partial charge in [-0.1, -0.05) is 34.1 Å². The third kappa shape index (κ3) is 3.27. The van der Waals surface area contributed by atoms with E-state index in [1.165, 1.54) is 10.8 Å². The molecule has 0 saturated carbocycles. The summed E-state index contributed by atoms with van der Waals surface area (Å²) in [5.74, 6) is 0.247. The Morgan fingerprint density at radius 1 is 1.09 bits per heavy atom. The van der Waals surface area contributed by atoms with Gasteiger partial charge in [0.05, 0.1) is 11.6 Å². The number of alkyl halides is 2. The predicted octanol–water partition coefficient (Wildman–Crippen LogP) is 4.40. The van der Waals surface area contributed by atoms with E-state index in [2.05, 4.69) is 15.9 Å². The second-order valence-electron chi connectivity index (χ2n) is 4.90. The molecule has 6 heteroatoms. The third-order valence-corrected chi connectivity index (χ3v) is 3.84. The Kier molecular flexibility index (Phi) is 4.43. The molecule has 1 heterocycles. The van der Waals surface area contributed by atoms with Crippen molar-refractivity contribution in [1.29, 1.82) is 0 Å². The first kappa shape index (κ1) is 15.7. The van der Waals surface area contributed by atoms with Gasteiger partial charge in [0.25, 0.3) is 12.0 Å². The predicted molar refractivity (Wildman–Crippen MR) is 88.7 cm³/mol. The first-order valence-electron chi connectivity index (χ1n) is 6.87. The van der Waals surface area contributed by atoms with Gasteiger partial charge in [-0.05, 0) is 30.3 Å². The average Bonchev–Trinajstić information content (AvgIpc) is 2.55. The molecule has 1 aromatic heterocycles. The van der Waals surface area contributed by atoms with E-state index in [4.69, 9.17) is 4.74 Å². The smallest absolute Gasteiger partial charge is 0.272 e. The molecule has 0 amide bonds. The molecule has 0 atom stereocenters. The first-order chi connectivity index (χ1) is 11.1. The molecule has 3 rings (SSSR count). The van der Waals surface area contributed by atoms with Gasteiger partial charge in [-0.15, -0.1) is 0 Å². The van der Waals surface area contributed by atoms with Gasteiger partial charge in [-0.2, -0.15) is 0 Å². The van der Waals surface area contributed by atoms with Crippen LogP contribution in [-0.4, -0.2) is 17.6 Å². The maximum atomic E-state index is 12.7. The quantitative estimate of drug-likeness (QED) is 0.672. The molecule has 118 valence electrons. The second kappa shape index (κ2) is 6.50. The number of aromatic nitrogens is 1. The summed E-state index contributed by atoms with van der Waals surface area (Å²) < 4.78 is 32.3. The van der Waals surface area contributed by atoms with Crippen molar-refractivity contribution in [2.45, 2.75) is 6.43 Å². The number of hydrogen-bond acceptors (Lipinski definition) is 2. The normalized spacial score (nSPS) is 11.1. The Hall–Kier alpha value is -2.21. The van der Waals surface area contributed by atoms with Gasteiger partial charge in [0, 0.05) is 15.5 Å². The molecular formula is C17H12BrF2NO2. The maximum absolute atomic E-state index is 12.7. The number of benzene rings is 2. The lowest BCUT2D eigenvalue weighted by atomic mass is 10.1. The van der Waals surface area contributed by atoms with E-state index in [1.807, 2.05) is 6.07 Å². The molecule has 0 saturated heterocycles. The van der Waals surface area contributed by atoms with Crippen LogP contribution in [-0.2, 0) is 0 Å². The number of nitrogens with zero attached hydrogens (tertiary/aromatic N) is 1. The molecular weight excluding hydrogens is 368 g/mol. The molecule has 0 fully saturated rings. The van der Waals surface area contributed by atoms with Gasteiger partial charge in [0.15, 0.2) is 0 Å². The number of ether oxygens (including phenoxy) is 1. The van der Waals surface area contributed by atoms with Crippen molar-refractivity contribution < 1.29 is 13.5 Å². The van der Waals surface area contributed by atoms with Crippen molar-refractivity contribution >= 4 is 26.7 Å². The van der Waals surface area contributed by atoms with Crippen LogP contribution in [0.15, 0.2) is 64.0 Å². The van der Waals surface area contributed by atoms with Crippen molar-refractivity contribution in [3.05, 3.63) is 69.6 Å². The Bertz CT molecular complexity index is 894. The molecule has 23 heavy (non-hydrogen) atoms. The SMILES string of the molecule is O=c1c2cc(Br)ccc2c(OCC(F)F)cn1-c1ccccc1. The number of para-hydroxylation sites is 1. The van der Waals surface area contributed by atoms with Crippen molar-refractivity contribution in [3.8, 4) is 11.4 Å². The molecule has 0 aliphatic carbocycles. The zero-order valence-corrected chi connectivity index (χ0v) is 13.5. The molecule has 3 nitrogen and oxygen atoms in total. The highest BCUT2D eigenvalue weighted by molar-refractivity contribution is 9.10. The summed E-state index contributed by atoms with van der Waals surface area (Å²) >= 11 is 3.33. The summed E-state index contributed by atoms with van der Waals surface area (Å²) in [6.07, 6.45) is -1.13. The molecule has 0 aliphatic heterocycles. The van der Waals surface area contributed by atoms with Gasteiger partial charge >= 0.3 is 0 Å². The van der Waals surface area contributed by atoms with Crippen LogP contribution in [0.4, 0.5) is 8.78 Å². The Balaban J connectivity index is 2.25. The van der Waals surface area contributed by atoms with Crippen LogP contribution in [0.2, 0.25) is 0 Å². The van der Waals surface area contributed by atoms with Crippen molar-refractivity contribution in [3.63, 3.8) is 0 Å². The van der Waals surface area contributed by atoms with Crippen LogP contribution < -0.4 is 10.3 Å². The Morgan fingerprint density at radius 3 is 2.52 bits per heavy atom. The molecule has 0 radical (unpaired) electrons. The summed E-state index contributed by atoms with van der Waals surface area (Å²) in [4.78, 5) is 12.7. The van der Waals surface area contributed by atoms with Gasteiger partial charge in [-0.25, -0.2) is 8.78 Å². The van der Waals surface area contributed by atoms with Crippen LogP contribution in [0.3, 0.4) is 0 Å². The maximum Gasteiger partial charge on any atom is 0.272 e. The standard InChI is InChI=1S/C17H12BrF2NO2/c18-11-6-7-13-14(8-11)17(22)21(12-4-2-1-3-5-12)9-15(13)23-10-16(19)20/h1-9,16H,10H2. The molecule has 0 aliphatic rings. The molecule has 2 aromatic carbocycles. The third-order valence-electron chi connectivity index (χ3n) is 3.34. The lowest BCUT2D eigenvalue weighted by Crippen LogP contribution is -2.19. The Labute approximate surface area is 139 Å². The van der Waals surface area contributed by atoms with Gasteiger partial charge in [-0.3, -0.25) is 9.36 Å². The lowest BCUT2D eigenvalue weighted by Gasteiger charge is -2.13.